The average molecular weight is 149 g/mol. The molecule has 0 aromatic carbocycles. The van der Waals surface area contributed by atoms with Gasteiger partial charge in [-0.2, -0.15) is 0 Å². The summed E-state index contributed by atoms with van der Waals surface area (Å²) in [5, 5.41) is 0. The van der Waals surface area contributed by atoms with Crippen molar-refractivity contribution in [2.45, 2.75) is 13.8 Å². The van der Waals surface area contributed by atoms with Gasteiger partial charge < -0.3 is 5.73 Å². The Morgan fingerprint density at radius 2 is 2.27 bits per heavy atom. The van der Waals surface area contributed by atoms with Gasteiger partial charge in [-0.15, -0.1) is 6.42 Å². The van der Waals surface area contributed by atoms with E-state index in [1.54, 1.807) is 6.08 Å². The van der Waals surface area contributed by atoms with Crippen LogP contribution < -0.4 is 5.73 Å². The van der Waals surface area contributed by atoms with Crippen LogP contribution in [0.5, 0.6) is 0 Å². The molecule has 0 heterocycles. The summed E-state index contributed by atoms with van der Waals surface area (Å²) in [6, 6.07) is 0. The summed E-state index contributed by atoms with van der Waals surface area (Å²) in [6.07, 6.45) is 10.8. The van der Waals surface area contributed by atoms with Gasteiger partial charge in [-0.25, -0.2) is 0 Å². The second-order valence-electron chi connectivity index (χ2n) is 2.60. The van der Waals surface area contributed by atoms with E-state index in [0.717, 1.165) is 5.57 Å². The number of hydrogen-bond donors (Lipinski definition) is 1. The quantitative estimate of drug-likeness (QED) is 0.480. The Hall–Kier alpha value is -1.00. The van der Waals surface area contributed by atoms with Crippen LogP contribution in [0.25, 0.3) is 0 Å². The molecule has 2 N–H and O–H groups in total. The molecular weight excluding hydrogens is 134 g/mol. The second kappa shape index (κ2) is 5.76. The number of terminal acetylenes is 1. The minimum Gasteiger partial charge on any atom is -0.327 e. The van der Waals surface area contributed by atoms with E-state index in [1.807, 2.05) is 12.2 Å². The van der Waals surface area contributed by atoms with E-state index in [4.69, 9.17) is 12.2 Å². The zero-order valence-corrected chi connectivity index (χ0v) is 7.17. The van der Waals surface area contributed by atoms with Crippen molar-refractivity contribution < 1.29 is 0 Å². The molecule has 0 atom stereocenters. The van der Waals surface area contributed by atoms with Crippen LogP contribution in [0.4, 0.5) is 0 Å². The molecule has 0 saturated carbocycles. The molecule has 0 amide bonds. The fourth-order valence-corrected chi connectivity index (χ4v) is 0.708. The predicted molar refractivity (Wildman–Crippen MR) is 49.9 cm³/mol. The zero-order valence-electron chi connectivity index (χ0n) is 7.17. The third kappa shape index (κ3) is 4.41. The number of rotatable bonds is 3. The highest BCUT2D eigenvalue weighted by Gasteiger charge is 1.95. The van der Waals surface area contributed by atoms with Crippen LogP contribution >= 0.6 is 0 Å². The van der Waals surface area contributed by atoms with Gasteiger partial charge in [-0.1, -0.05) is 31.9 Å². The summed E-state index contributed by atoms with van der Waals surface area (Å²) in [7, 11) is 0. The summed E-state index contributed by atoms with van der Waals surface area (Å²) in [5.74, 6) is 2.97. The molecular formula is C10H15N. The molecule has 0 aliphatic heterocycles. The van der Waals surface area contributed by atoms with Crippen LogP contribution in [0.2, 0.25) is 0 Å². The maximum absolute atomic E-state index is 5.31. The van der Waals surface area contributed by atoms with E-state index >= 15 is 0 Å². The first-order chi connectivity index (χ1) is 5.22. The van der Waals surface area contributed by atoms with Crippen molar-refractivity contribution >= 4 is 0 Å². The van der Waals surface area contributed by atoms with Gasteiger partial charge in [-0.3, -0.25) is 0 Å². The minimum atomic E-state index is 0.467. The predicted octanol–water partition coefficient (Wildman–Crippen LogP) is 1.72. The van der Waals surface area contributed by atoms with Crippen LogP contribution in [0.1, 0.15) is 13.8 Å². The van der Waals surface area contributed by atoms with Gasteiger partial charge in [0.05, 0.1) is 0 Å². The molecule has 0 aromatic heterocycles. The van der Waals surface area contributed by atoms with E-state index in [-0.39, 0.29) is 0 Å². The summed E-state index contributed by atoms with van der Waals surface area (Å²) >= 11 is 0. The van der Waals surface area contributed by atoms with Gasteiger partial charge in [0.2, 0.25) is 0 Å². The van der Waals surface area contributed by atoms with E-state index in [0.29, 0.717) is 12.5 Å². The van der Waals surface area contributed by atoms with Gasteiger partial charge in [0.25, 0.3) is 0 Å². The van der Waals surface area contributed by atoms with Crippen molar-refractivity contribution in [3.63, 3.8) is 0 Å². The molecule has 0 radical (unpaired) electrons. The molecule has 0 spiro atoms. The maximum atomic E-state index is 5.31. The molecule has 1 nitrogen and oxygen atoms in total. The van der Waals surface area contributed by atoms with Gasteiger partial charge in [0.15, 0.2) is 0 Å². The van der Waals surface area contributed by atoms with Crippen molar-refractivity contribution in [3.8, 4) is 12.3 Å². The third-order valence-electron chi connectivity index (χ3n) is 1.36. The SMILES string of the molecule is C#C/C=C(\C=C/CN)C(C)C. The Kier molecular flexibility index (Phi) is 5.24. The Labute approximate surface area is 69.0 Å². The van der Waals surface area contributed by atoms with Crippen LogP contribution in [0, 0.1) is 18.3 Å². The van der Waals surface area contributed by atoms with Crippen molar-refractivity contribution in [1.29, 1.82) is 0 Å². The molecule has 0 aliphatic rings. The van der Waals surface area contributed by atoms with Crippen molar-refractivity contribution in [1.82, 2.24) is 0 Å². The van der Waals surface area contributed by atoms with Crippen LogP contribution in [0.15, 0.2) is 23.8 Å². The topological polar surface area (TPSA) is 26.0 Å². The first kappa shape index (κ1) is 10.0. The standard InChI is InChI=1S/C10H15N/c1-4-6-10(9(2)3)7-5-8-11/h1,5-7,9H,8,11H2,2-3H3/b7-5-,10-6+. The monoisotopic (exact) mass is 149 g/mol. The van der Waals surface area contributed by atoms with Crippen molar-refractivity contribution in [3.05, 3.63) is 23.8 Å². The Balaban J connectivity index is 4.26. The molecule has 11 heavy (non-hydrogen) atoms. The molecule has 0 fully saturated rings. The second-order valence-corrected chi connectivity index (χ2v) is 2.60. The highest BCUT2D eigenvalue weighted by molar-refractivity contribution is 5.28. The van der Waals surface area contributed by atoms with Gasteiger partial charge in [0, 0.05) is 6.54 Å². The number of allylic oxidation sites excluding steroid dienone is 3. The normalized spacial score (nSPS) is 12.5. The van der Waals surface area contributed by atoms with E-state index in [1.165, 1.54) is 0 Å². The fraction of sp³-hybridized carbons (Fsp3) is 0.400. The summed E-state index contributed by atoms with van der Waals surface area (Å²) in [4.78, 5) is 0. The van der Waals surface area contributed by atoms with Gasteiger partial charge in [0.1, 0.15) is 0 Å². The molecule has 0 bridgehead atoms. The molecule has 0 unspecified atom stereocenters. The average Bonchev–Trinajstić information content (AvgIpc) is 1.97. The van der Waals surface area contributed by atoms with E-state index in [2.05, 4.69) is 19.8 Å². The molecule has 0 aliphatic carbocycles. The maximum Gasteiger partial charge on any atom is 0.0110 e. The molecule has 1 heteroatoms. The summed E-state index contributed by atoms with van der Waals surface area (Å²) in [6.45, 7) is 4.77. The Morgan fingerprint density at radius 1 is 1.64 bits per heavy atom. The molecule has 0 saturated heterocycles. The van der Waals surface area contributed by atoms with E-state index in [9.17, 15) is 0 Å². The van der Waals surface area contributed by atoms with Crippen molar-refractivity contribution in [2.24, 2.45) is 11.7 Å². The molecule has 60 valence electrons. The number of hydrogen-bond acceptors (Lipinski definition) is 1. The lowest BCUT2D eigenvalue weighted by molar-refractivity contribution is 0.791. The zero-order chi connectivity index (χ0) is 8.69. The Bertz CT molecular complexity index is 191. The highest BCUT2D eigenvalue weighted by atomic mass is 14.5. The summed E-state index contributed by atoms with van der Waals surface area (Å²) in [5.41, 5.74) is 6.46. The van der Waals surface area contributed by atoms with Gasteiger partial charge in [-0.05, 0) is 17.6 Å². The first-order valence-corrected chi connectivity index (χ1v) is 3.75. The summed E-state index contributed by atoms with van der Waals surface area (Å²) < 4.78 is 0. The third-order valence-corrected chi connectivity index (χ3v) is 1.36. The van der Waals surface area contributed by atoms with Crippen LogP contribution in [-0.2, 0) is 0 Å². The van der Waals surface area contributed by atoms with Crippen LogP contribution in [-0.4, -0.2) is 6.54 Å². The lowest BCUT2D eigenvalue weighted by Gasteiger charge is -2.03. The van der Waals surface area contributed by atoms with Crippen LogP contribution in [0.3, 0.4) is 0 Å². The minimum absolute atomic E-state index is 0.467. The lowest BCUT2D eigenvalue weighted by atomic mass is 10.0. The molecule has 0 aromatic rings. The van der Waals surface area contributed by atoms with Gasteiger partial charge >= 0.3 is 0 Å². The van der Waals surface area contributed by atoms with E-state index < -0.39 is 0 Å². The van der Waals surface area contributed by atoms with Crippen molar-refractivity contribution in [2.75, 3.05) is 6.54 Å². The Morgan fingerprint density at radius 3 is 2.64 bits per heavy atom. The molecule has 0 rings (SSSR count). The largest absolute Gasteiger partial charge is 0.327 e. The smallest absolute Gasteiger partial charge is 0.0110 e. The fourth-order valence-electron chi connectivity index (χ4n) is 0.708. The lowest BCUT2D eigenvalue weighted by Crippen LogP contribution is -1.95. The highest BCUT2D eigenvalue weighted by Crippen LogP contribution is 2.09. The number of nitrogens with two attached hydrogens (primary N) is 1. The first-order valence-electron chi connectivity index (χ1n) is 3.75.